The van der Waals surface area contributed by atoms with Gasteiger partial charge >= 0.3 is 0 Å². The summed E-state index contributed by atoms with van der Waals surface area (Å²) >= 11 is 5.95. The van der Waals surface area contributed by atoms with Gasteiger partial charge in [0, 0.05) is 29.7 Å². The maximum atomic E-state index is 5.95. The molecule has 1 fully saturated rings. The molecule has 0 saturated carbocycles. The maximum Gasteiger partial charge on any atom is 0.241 e. The van der Waals surface area contributed by atoms with Crippen LogP contribution in [-0.2, 0) is 6.54 Å². The predicted molar refractivity (Wildman–Crippen MR) is 79.9 cm³/mol. The van der Waals surface area contributed by atoms with E-state index >= 15 is 0 Å². The minimum atomic E-state index is 0. The Hall–Kier alpha value is -1.14. The molecular formula is C13H16Cl2N4O. The number of aromatic nitrogens is 2. The molecule has 0 amide bonds. The van der Waals surface area contributed by atoms with E-state index in [-0.39, 0.29) is 18.4 Å². The standard InChI is InChI=1S/C13H15ClN4O.ClH/c14-10-3-1-2-9(6-10)13-16-12(19-17-13)8-18-5-4-11(15)7-18;/h1-3,6,11H,4-5,7-8,15H2;1H/t11-;/m0./s1. The van der Waals surface area contributed by atoms with E-state index in [1.165, 1.54) is 0 Å². The summed E-state index contributed by atoms with van der Waals surface area (Å²) in [5, 5.41) is 4.65. The molecule has 0 unspecified atom stereocenters. The topological polar surface area (TPSA) is 68.2 Å². The van der Waals surface area contributed by atoms with Gasteiger partial charge in [-0.3, -0.25) is 4.90 Å². The van der Waals surface area contributed by atoms with Crippen molar-refractivity contribution in [3.63, 3.8) is 0 Å². The summed E-state index contributed by atoms with van der Waals surface area (Å²) in [6, 6.07) is 7.68. The van der Waals surface area contributed by atoms with Crippen LogP contribution in [0.5, 0.6) is 0 Å². The Bertz CT molecular complexity index is 575. The minimum absolute atomic E-state index is 0. The normalized spacial score (nSPS) is 19.0. The third-order valence-electron chi connectivity index (χ3n) is 3.22. The minimum Gasteiger partial charge on any atom is -0.338 e. The molecule has 3 rings (SSSR count). The average Bonchev–Trinajstić information content (AvgIpc) is 2.99. The second-order valence-electron chi connectivity index (χ2n) is 4.81. The molecule has 2 aromatic rings. The summed E-state index contributed by atoms with van der Waals surface area (Å²) < 4.78 is 5.27. The van der Waals surface area contributed by atoms with Crippen molar-refractivity contribution in [3.8, 4) is 11.4 Å². The Labute approximate surface area is 128 Å². The van der Waals surface area contributed by atoms with Gasteiger partial charge in [-0.05, 0) is 18.6 Å². The van der Waals surface area contributed by atoms with E-state index in [9.17, 15) is 0 Å². The molecule has 2 N–H and O–H groups in total. The molecule has 108 valence electrons. The number of hydrogen-bond donors (Lipinski definition) is 1. The smallest absolute Gasteiger partial charge is 0.241 e. The van der Waals surface area contributed by atoms with Gasteiger partial charge in [-0.2, -0.15) is 4.98 Å². The molecular weight excluding hydrogens is 299 g/mol. The van der Waals surface area contributed by atoms with Gasteiger partial charge in [-0.15, -0.1) is 12.4 Å². The maximum absolute atomic E-state index is 5.95. The van der Waals surface area contributed by atoms with Crippen LogP contribution in [0.25, 0.3) is 11.4 Å². The van der Waals surface area contributed by atoms with E-state index in [1.807, 2.05) is 24.3 Å². The van der Waals surface area contributed by atoms with Crippen molar-refractivity contribution in [1.82, 2.24) is 15.0 Å². The number of rotatable bonds is 3. The summed E-state index contributed by atoms with van der Waals surface area (Å²) in [4.78, 5) is 6.61. The lowest BCUT2D eigenvalue weighted by atomic mass is 10.2. The van der Waals surface area contributed by atoms with Crippen LogP contribution >= 0.6 is 24.0 Å². The molecule has 1 aromatic heterocycles. The lowest BCUT2D eigenvalue weighted by molar-refractivity contribution is 0.265. The van der Waals surface area contributed by atoms with Crippen molar-refractivity contribution in [2.75, 3.05) is 13.1 Å². The molecule has 1 aliphatic rings. The van der Waals surface area contributed by atoms with E-state index in [0.717, 1.165) is 25.1 Å². The van der Waals surface area contributed by atoms with Gasteiger partial charge in [0.25, 0.3) is 0 Å². The monoisotopic (exact) mass is 314 g/mol. The highest BCUT2D eigenvalue weighted by Gasteiger charge is 2.21. The lowest BCUT2D eigenvalue weighted by Crippen LogP contribution is -2.26. The van der Waals surface area contributed by atoms with Crippen molar-refractivity contribution in [3.05, 3.63) is 35.2 Å². The molecule has 7 heteroatoms. The van der Waals surface area contributed by atoms with E-state index in [2.05, 4.69) is 15.0 Å². The predicted octanol–water partition coefficient (Wildman–Crippen LogP) is 2.34. The highest BCUT2D eigenvalue weighted by Crippen LogP contribution is 2.20. The summed E-state index contributed by atoms with van der Waals surface area (Å²) in [5.41, 5.74) is 6.73. The van der Waals surface area contributed by atoms with Gasteiger partial charge in [0.15, 0.2) is 0 Å². The Morgan fingerprint density at radius 2 is 2.30 bits per heavy atom. The van der Waals surface area contributed by atoms with Gasteiger partial charge in [0.1, 0.15) is 0 Å². The van der Waals surface area contributed by atoms with E-state index in [0.29, 0.717) is 23.3 Å². The van der Waals surface area contributed by atoms with Crippen LogP contribution in [0.15, 0.2) is 28.8 Å². The molecule has 1 aliphatic heterocycles. The van der Waals surface area contributed by atoms with Gasteiger partial charge in [0.2, 0.25) is 11.7 Å². The number of nitrogens with zero attached hydrogens (tertiary/aromatic N) is 3. The first kappa shape index (κ1) is 15.3. The van der Waals surface area contributed by atoms with Crippen molar-refractivity contribution < 1.29 is 4.52 Å². The van der Waals surface area contributed by atoms with Crippen LogP contribution in [0.1, 0.15) is 12.3 Å². The van der Waals surface area contributed by atoms with Crippen molar-refractivity contribution >= 4 is 24.0 Å². The summed E-state index contributed by atoms with van der Waals surface area (Å²) in [5.74, 6) is 1.19. The molecule has 0 spiro atoms. The van der Waals surface area contributed by atoms with Crippen LogP contribution in [-0.4, -0.2) is 34.2 Å². The van der Waals surface area contributed by atoms with Gasteiger partial charge in [-0.25, -0.2) is 0 Å². The first-order valence-electron chi connectivity index (χ1n) is 6.27. The lowest BCUT2D eigenvalue weighted by Gasteiger charge is -2.10. The van der Waals surface area contributed by atoms with Crippen LogP contribution in [0.2, 0.25) is 5.02 Å². The quantitative estimate of drug-likeness (QED) is 0.941. The molecule has 0 aliphatic carbocycles. The third kappa shape index (κ3) is 3.49. The second-order valence-corrected chi connectivity index (χ2v) is 5.24. The van der Waals surface area contributed by atoms with E-state index in [4.69, 9.17) is 21.9 Å². The highest BCUT2D eigenvalue weighted by atomic mass is 35.5. The molecule has 0 bridgehead atoms. The van der Waals surface area contributed by atoms with Gasteiger partial charge in [0.05, 0.1) is 6.54 Å². The number of benzene rings is 1. The fourth-order valence-electron chi connectivity index (χ4n) is 2.26. The van der Waals surface area contributed by atoms with Crippen LogP contribution in [0, 0.1) is 0 Å². The first-order valence-corrected chi connectivity index (χ1v) is 6.65. The summed E-state index contributed by atoms with van der Waals surface area (Å²) in [7, 11) is 0. The Morgan fingerprint density at radius 3 is 3.00 bits per heavy atom. The van der Waals surface area contributed by atoms with Gasteiger partial charge in [-0.1, -0.05) is 28.9 Å². The zero-order valence-electron chi connectivity index (χ0n) is 10.8. The summed E-state index contributed by atoms with van der Waals surface area (Å²) in [6.07, 6.45) is 1.02. The SMILES string of the molecule is Cl.N[C@H]1CCN(Cc2nc(-c3cccc(Cl)c3)no2)C1. The van der Waals surface area contributed by atoms with E-state index in [1.54, 1.807) is 0 Å². The Morgan fingerprint density at radius 1 is 1.45 bits per heavy atom. The highest BCUT2D eigenvalue weighted by molar-refractivity contribution is 6.30. The van der Waals surface area contributed by atoms with Crippen LogP contribution in [0.4, 0.5) is 0 Å². The van der Waals surface area contributed by atoms with Gasteiger partial charge < -0.3 is 10.3 Å². The largest absolute Gasteiger partial charge is 0.338 e. The molecule has 0 radical (unpaired) electrons. The molecule has 2 heterocycles. The number of halogens is 2. The fraction of sp³-hybridized carbons (Fsp3) is 0.385. The molecule has 1 aromatic carbocycles. The molecule has 1 atom stereocenters. The van der Waals surface area contributed by atoms with Crippen molar-refractivity contribution in [1.29, 1.82) is 0 Å². The van der Waals surface area contributed by atoms with E-state index < -0.39 is 0 Å². The second kappa shape index (κ2) is 6.54. The molecule has 5 nitrogen and oxygen atoms in total. The third-order valence-corrected chi connectivity index (χ3v) is 3.45. The van der Waals surface area contributed by atoms with Crippen LogP contribution < -0.4 is 5.73 Å². The zero-order chi connectivity index (χ0) is 13.2. The Kier molecular flexibility index (Phi) is 4.99. The summed E-state index contributed by atoms with van der Waals surface area (Å²) in [6.45, 7) is 2.52. The van der Waals surface area contributed by atoms with Crippen molar-refractivity contribution in [2.24, 2.45) is 5.73 Å². The number of likely N-dealkylation sites (tertiary alicyclic amines) is 1. The van der Waals surface area contributed by atoms with Crippen molar-refractivity contribution in [2.45, 2.75) is 19.0 Å². The fourth-order valence-corrected chi connectivity index (χ4v) is 2.45. The number of hydrogen-bond acceptors (Lipinski definition) is 5. The molecule has 20 heavy (non-hydrogen) atoms. The average molecular weight is 315 g/mol. The molecule has 1 saturated heterocycles. The van der Waals surface area contributed by atoms with Crippen LogP contribution in [0.3, 0.4) is 0 Å². The Balaban J connectivity index is 0.00000147. The zero-order valence-corrected chi connectivity index (χ0v) is 12.4. The first-order chi connectivity index (χ1) is 9.20. The number of nitrogens with two attached hydrogens (primary N) is 1.